The Morgan fingerprint density at radius 1 is 1.30 bits per heavy atom. The zero-order valence-corrected chi connectivity index (χ0v) is 5.60. The summed E-state index contributed by atoms with van der Waals surface area (Å²) < 4.78 is 0. The molecule has 4 nitrogen and oxygen atoms in total. The van der Waals surface area contributed by atoms with Crippen LogP contribution in [0.4, 0.5) is 0 Å². The lowest BCUT2D eigenvalue weighted by molar-refractivity contribution is -0.108. The van der Waals surface area contributed by atoms with Gasteiger partial charge in [-0.3, -0.25) is 0 Å². The Labute approximate surface area is 59.1 Å². The van der Waals surface area contributed by atoms with Crippen LogP contribution in [0, 0.1) is 0 Å². The van der Waals surface area contributed by atoms with Gasteiger partial charge in [-0.2, -0.15) is 0 Å². The van der Waals surface area contributed by atoms with Crippen molar-refractivity contribution in [3.05, 3.63) is 0 Å². The summed E-state index contributed by atoms with van der Waals surface area (Å²) >= 11 is 0. The molecular formula is C6H12O4. The van der Waals surface area contributed by atoms with Gasteiger partial charge < -0.3 is 20.1 Å². The van der Waals surface area contributed by atoms with Crippen LogP contribution in [0.1, 0.15) is 12.8 Å². The number of carbonyl (C=O) groups is 1. The van der Waals surface area contributed by atoms with Crippen LogP contribution >= 0.6 is 0 Å². The third-order valence-corrected chi connectivity index (χ3v) is 1.21. The second-order valence-electron chi connectivity index (χ2n) is 2.06. The summed E-state index contributed by atoms with van der Waals surface area (Å²) in [4.78, 5) is 9.76. The maximum absolute atomic E-state index is 9.76. The lowest BCUT2D eigenvalue weighted by Gasteiger charge is -2.13. The third kappa shape index (κ3) is 3.55. The number of aldehydes is 1. The molecule has 0 heterocycles. The zero-order chi connectivity index (χ0) is 7.98. The van der Waals surface area contributed by atoms with E-state index in [2.05, 4.69) is 0 Å². The van der Waals surface area contributed by atoms with Crippen LogP contribution < -0.4 is 0 Å². The maximum atomic E-state index is 9.76. The van der Waals surface area contributed by atoms with Gasteiger partial charge in [-0.05, 0) is 6.42 Å². The van der Waals surface area contributed by atoms with E-state index in [1.807, 2.05) is 0 Å². The number of aliphatic hydroxyl groups is 3. The molecule has 0 bridgehead atoms. The minimum Gasteiger partial charge on any atom is -0.394 e. The van der Waals surface area contributed by atoms with Gasteiger partial charge in [0, 0.05) is 6.42 Å². The molecule has 10 heavy (non-hydrogen) atoms. The molecule has 0 fully saturated rings. The summed E-state index contributed by atoms with van der Waals surface area (Å²) in [5.74, 6) is 0. The van der Waals surface area contributed by atoms with Gasteiger partial charge >= 0.3 is 0 Å². The Balaban J connectivity index is 3.40. The molecule has 0 saturated heterocycles. The zero-order valence-electron chi connectivity index (χ0n) is 5.60. The first kappa shape index (κ1) is 9.55. The summed E-state index contributed by atoms with van der Waals surface area (Å²) in [7, 11) is 0. The fourth-order valence-electron chi connectivity index (χ4n) is 0.553. The number of aliphatic hydroxyl groups excluding tert-OH is 3. The second kappa shape index (κ2) is 5.34. The van der Waals surface area contributed by atoms with Crippen molar-refractivity contribution in [1.29, 1.82) is 0 Å². The van der Waals surface area contributed by atoms with Crippen molar-refractivity contribution in [2.45, 2.75) is 25.0 Å². The Kier molecular flexibility index (Phi) is 5.10. The lowest BCUT2D eigenvalue weighted by Crippen LogP contribution is -2.29. The SMILES string of the molecule is O=CCC[C@H](O)[C@@H](O)CO. The first-order valence-corrected chi connectivity index (χ1v) is 3.13. The predicted octanol–water partition coefficient (Wildman–Crippen LogP) is -1.32. The molecule has 0 aliphatic carbocycles. The van der Waals surface area contributed by atoms with E-state index in [4.69, 9.17) is 15.3 Å². The Hall–Kier alpha value is -0.450. The summed E-state index contributed by atoms with van der Waals surface area (Å²) in [6, 6.07) is 0. The molecule has 0 aromatic rings. The molecule has 4 heteroatoms. The summed E-state index contributed by atoms with van der Waals surface area (Å²) in [5.41, 5.74) is 0. The molecule has 0 spiro atoms. The predicted molar refractivity (Wildman–Crippen MR) is 34.4 cm³/mol. The Morgan fingerprint density at radius 3 is 2.30 bits per heavy atom. The van der Waals surface area contributed by atoms with E-state index in [1.54, 1.807) is 0 Å². The number of hydrogen-bond donors (Lipinski definition) is 3. The number of carbonyl (C=O) groups excluding carboxylic acids is 1. The van der Waals surface area contributed by atoms with Gasteiger partial charge in [0.2, 0.25) is 0 Å². The van der Waals surface area contributed by atoms with E-state index < -0.39 is 18.8 Å². The monoisotopic (exact) mass is 148 g/mol. The van der Waals surface area contributed by atoms with E-state index in [-0.39, 0.29) is 12.8 Å². The van der Waals surface area contributed by atoms with Crippen LogP contribution in [0.5, 0.6) is 0 Å². The standard InChI is InChI=1S/C6H12O4/c7-3-1-2-5(9)6(10)4-8/h3,5-6,8-10H,1-2,4H2/t5-,6-/m0/s1. The minimum absolute atomic E-state index is 0.200. The van der Waals surface area contributed by atoms with Crippen LogP contribution in [-0.4, -0.2) is 40.4 Å². The molecule has 0 amide bonds. The van der Waals surface area contributed by atoms with Crippen LogP contribution in [0.25, 0.3) is 0 Å². The van der Waals surface area contributed by atoms with Gasteiger partial charge in [0.1, 0.15) is 12.4 Å². The van der Waals surface area contributed by atoms with Crippen molar-refractivity contribution in [3.8, 4) is 0 Å². The van der Waals surface area contributed by atoms with Crippen LogP contribution in [0.15, 0.2) is 0 Å². The smallest absolute Gasteiger partial charge is 0.120 e. The van der Waals surface area contributed by atoms with Gasteiger partial charge in [0.15, 0.2) is 0 Å². The highest BCUT2D eigenvalue weighted by atomic mass is 16.4. The van der Waals surface area contributed by atoms with E-state index in [1.165, 1.54) is 0 Å². The topological polar surface area (TPSA) is 77.8 Å². The van der Waals surface area contributed by atoms with Crippen LogP contribution in [0.3, 0.4) is 0 Å². The summed E-state index contributed by atoms with van der Waals surface area (Å²) in [6.45, 7) is -0.472. The van der Waals surface area contributed by atoms with E-state index in [0.717, 1.165) is 0 Å². The van der Waals surface area contributed by atoms with Gasteiger partial charge in [-0.15, -0.1) is 0 Å². The molecule has 0 radical (unpaired) electrons. The molecule has 0 aliphatic heterocycles. The van der Waals surface area contributed by atoms with Crippen molar-refractivity contribution in [2.75, 3.05) is 6.61 Å². The van der Waals surface area contributed by atoms with E-state index >= 15 is 0 Å². The van der Waals surface area contributed by atoms with Crippen molar-refractivity contribution in [3.63, 3.8) is 0 Å². The Morgan fingerprint density at radius 2 is 1.90 bits per heavy atom. The maximum Gasteiger partial charge on any atom is 0.120 e. The summed E-state index contributed by atoms with van der Waals surface area (Å²) in [5, 5.41) is 25.9. The molecule has 0 rings (SSSR count). The molecule has 3 N–H and O–H groups in total. The number of hydrogen-bond acceptors (Lipinski definition) is 4. The molecule has 0 aliphatic rings. The highest BCUT2D eigenvalue weighted by Crippen LogP contribution is 1.99. The second-order valence-corrected chi connectivity index (χ2v) is 2.06. The number of rotatable bonds is 5. The molecular weight excluding hydrogens is 136 g/mol. The van der Waals surface area contributed by atoms with Gasteiger partial charge in [0.25, 0.3) is 0 Å². The molecule has 0 aromatic carbocycles. The van der Waals surface area contributed by atoms with Crippen LogP contribution in [0.2, 0.25) is 0 Å². The minimum atomic E-state index is -1.13. The molecule has 2 atom stereocenters. The van der Waals surface area contributed by atoms with Crippen molar-refractivity contribution in [1.82, 2.24) is 0 Å². The first-order valence-electron chi connectivity index (χ1n) is 3.13. The van der Waals surface area contributed by atoms with Gasteiger partial charge in [-0.1, -0.05) is 0 Å². The highest BCUT2D eigenvalue weighted by Gasteiger charge is 2.13. The quantitative estimate of drug-likeness (QED) is 0.422. The first-order chi connectivity index (χ1) is 4.72. The largest absolute Gasteiger partial charge is 0.394 e. The molecule has 0 aromatic heterocycles. The van der Waals surface area contributed by atoms with Gasteiger partial charge in [-0.25, -0.2) is 0 Å². The molecule has 0 saturated carbocycles. The fraction of sp³-hybridized carbons (Fsp3) is 0.833. The average Bonchev–Trinajstić information content (AvgIpc) is 1.98. The van der Waals surface area contributed by atoms with E-state index in [9.17, 15) is 4.79 Å². The van der Waals surface area contributed by atoms with Crippen molar-refractivity contribution in [2.24, 2.45) is 0 Å². The molecule has 60 valence electrons. The van der Waals surface area contributed by atoms with Crippen molar-refractivity contribution < 1.29 is 20.1 Å². The summed E-state index contributed by atoms with van der Waals surface area (Å²) in [6.07, 6.45) is -1.05. The highest BCUT2D eigenvalue weighted by molar-refractivity contribution is 5.49. The Bertz CT molecular complexity index is 93.7. The normalized spacial score (nSPS) is 16.3. The molecule has 0 unspecified atom stereocenters. The average molecular weight is 148 g/mol. The van der Waals surface area contributed by atoms with Crippen molar-refractivity contribution >= 4 is 6.29 Å². The van der Waals surface area contributed by atoms with E-state index in [0.29, 0.717) is 6.29 Å². The van der Waals surface area contributed by atoms with Gasteiger partial charge in [0.05, 0.1) is 12.7 Å². The lowest BCUT2D eigenvalue weighted by atomic mass is 10.1. The fourth-order valence-corrected chi connectivity index (χ4v) is 0.553. The third-order valence-electron chi connectivity index (χ3n) is 1.21. The van der Waals surface area contributed by atoms with Crippen LogP contribution in [-0.2, 0) is 4.79 Å².